The monoisotopic (exact) mass is 355 g/mol. The molecule has 0 saturated carbocycles. The molecule has 6 heteroatoms. The van der Waals surface area contributed by atoms with Gasteiger partial charge in [-0.05, 0) is 51.0 Å². The maximum atomic E-state index is 12.9. The van der Waals surface area contributed by atoms with Gasteiger partial charge in [-0.25, -0.2) is 4.98 Å². The molecule has 1 atom stereocenters. The summed E-state index contributed by atoms with van der Waals surface area (Å²) in [5.41, 5.74) is 3.14. The molecule has 1 amide bonds. The van der Waals surface area contributed by atoms with Crippen LogP contribution in [-0.4, -0.2) is 34.7 Å². The summed E-state index contributed by atoms with van der Waals surface area (Å²) in [6.45, 7) is 5.46. The molecule has 3 aromatic heterocycles. The van der Waals surface area contributed by atoms with Gasteiger partial charge in [0.2, 0.25) is 0 Å². The summed E-state index contributed by atoms with van der Waals surface area (Å²) in [6.07, 6.45) is 3.98. The van der Waals surface area contributed by atoms with E-state index >= 15 is 0 Å². The molecule has 3 aromatic rings. The van der Waals surface area contributed by atoms with Gasteiger partial charge in [-0.2, -0.15) is 0 Å². The molecule has 1 aliphatic heterocycles. The van der Waals surface area contributed by atoms with Gasteiger partial charge in [0.15, 0.2) is 0 Å². The smallest absolute Gasteiger partial charge is 0.263 e. The zero-order valence-corrected chi connectivity index (χ0v) is 15.2. The zero-order chi connectivity index (χ0) is 17.4. The molecule has 0 bridgehead atoms. The fourth-order valence-corrected chi connectivity index (χ4v) is 4.45. The quantitative estimate of drug-likeness (QED) is 0.778. The maximum absolute atomic E-state index is 12.9. The van der Waals surface area contributed by atoms with Gasteiger partial charge in [-0.3, -0.25) is 4.79 Å². The van der Waals surface area contributed by atoms with Crippen molar-refractivity contribution in [2.24, 2.45) is 0 Å². The minimum Gasteiger partial charge on any atom is -0.376 e. The van der Waals surface area contributed by atoms with E-state index in [-0.39, 0.29) is 12.0 Å². The Labute approximate surface area is 150 Å². The minimum atomic E-state index is -0.0546. The van der Waals surface area contributed by atoms with Crippen molar-refractivity contribution in [1.82, 2.24) is 14.9 Å². The van der Waals surface area contributed by atoms with Gasteiger partial charge in [0.25, 0.3) is 5.91 Å². The van der Waals surface area contributed by atoms with Crippen LogP contribution in [0, 0.1) is 13.8 Å². The lowest BCUT2D eigenvalue weighted by atomic mass is 10.2. The summed E-state index contributed by atoms with van der Waals surface area (Å²) in [6, 6.07) is 8.09. The lowest BCUT2D eigenvalue weighted by Crippen LogP contribution is -2.31. The maximum Gasteiger partial charge on any atom is 0.263 e. The van der Waals surface area contributed by atoms with E-state index in [1.165, 1.54) is 11.3 Å². The third kappa shape index (κ3) is 2.96. The van der Waals surface area contributed by atoms with E-state index in [1.54, 1.807) is 6.20 Å². The van der Waals surface area contributed by atoms with Crippen LogP contribution in [0.15, 0.2) is 30.5 Å². The molecule has 1 N–H and O–H groups in total. The Morgan fingerprint density at radius 3 is 2.88 bits per heavy atom. The highest BCUT2D eigenvalue weighted by Gasteiger charge is 2.23. The average Bonchev–Trinajstić information content (AvgIpc) is 3.32. The molecule has 0 aromatic carbocycles. The summed E-state index contributed by atoms with van der Waals surface area (Å²) in [7, 11) is 0. The van der Waals surface area contributed by atoms with Crippen LogP contribution in [0.2, 0.25) is 0 Å². The molecule has 0 aliphatic carbocycles. The number of ether oxygens (including phenoxy) is 1. The van der Waals surface area contributed by atoms with E-state index in [2.05, 4.69) is 40.8 Å². The standard InChI is InChI=1S/C19H21N3O2S/c1-12-7-8-13(2)22(12)16-15-6-3-9-20-19(15)25-17(16)18(23)21-11-14-5-4-10-24-14/h3,6-9,14H,4-5,10-11H2,1-2H3,(H,21,23)/t14-/m0/s1. The number of hydrogen-bond acceptors (Lipinski definition) is 4. The van der Waals surface area contributed by atoms with Crippen LogP contribution in [0.4, 0.5) is 0 Å². The highest BCUT2D eigenvalue weighted by atomic mass is 32.1. The SMILES string of the molecule is Cc1ccc(C)n1-c1c(C(=O)NC[C@@H]2CCCO2)sc2ncccc12. The lowest BCUT2D eigenvalue weighted by Gasteiger charge is -2.13. The molecule has 1 saturated heterocycles. The molecular formula is C19H21N3O2S. The number of thiophene rings is 1. The van der Waals surface area contributed by atoms with Crippen molar-refractivity contribution in [3.63, 3.8) is 0 Å². The fraction of sp³-hybridized carbons (Fsp3) is 0.368. The summed E-state index contributed by atoms with van der Waals surface area (Å²) < 4.78 is 7.75. The number of amides is 1. The highest BCUT2D eigenvalue weighted by molar-refractivity contribution is 7.21. The summed E-state index contributed by atoms with van der Waals surface area (Å²) in [5.74, 6) is -0.0546. The molecule has 4 rings (SSSR count). The molecule has 0 spiro atoms. The van der Waals surface area contributed by atoms with Gasteiger partial charge in [0.05, 0.1) is 11.8 Å². The summed E-state index contributed by atoms with van der Waals surface area (Å²) in [5, 5.41) is 4.06. The number of nitrogens with zero attached hydrogens (tertiary/aromatic N) is 2. The molecule has 5 nitrogen and oxygen atoms in total. The number of carbonyl (C=O) groups is 1. The van der Waals surface area contributed by atoms with Crippen LogP contribution in [0.1, 0.15) is 33.9 Å². The van der Waals surface area contributed by atoms with Crippen LogP contribution in [0.5, 0.6) is 0 Å². The Balaban J connectivity index is 1.75. The van der Waals surface area contributed by atoms with Gasteiger partial charge in [0, 0.05) is 36.1 Å². The van der Waals surface area contributed by atoms with Crippen molar-refractivity contribution in [3.05, 3.63) is 46.7 Å². The van der Waals surface area contributed by atoms with E-state index in [1.807, 2.05) is 12.1 Å². The Bertz CT molecular complexity index is 903. The van der Waals surface area contributed by atoms with Crippen molar-refractivity contribution < 1.29 is 9.53 Å². The van der Waals surface area contributed by atoms with Gasteiger partial charge in [-0.15, -0.1) is 11.3 Å². The zero-order valence-electron chi connectivity index (χ0n) is 14.4. The molecule has 1 fully saturated rings. The van der Waals surface area contributed by atoms with Crippen LogP contribution >= 0.6 is 11.3 Å². The number of fused-ring (bicyclic) bond motifs is 1. The second kappa shape index (κ2) is 6.61. The lowest BCUT2D eigenvalue weighted by molar-refractivity contribution is 0.0861. The Morgan fingerprint density at radius 2 is 2.16 bits per heavy atom. The van der Waals surface area contributed by atoms with Crippen molar-refractivity contribution in [2.75, 3.05) is 13.2 Å². The molecule has 130 valence electrons. The third-order valence-corrected chi connectivity index (χ3v) is 5.76. The number of hydrogen-bond donors (Lipinski definition) is 1. The van der Waals surface area contributed by atoms with Gasteiger partial charge in [0.1, 0.15) is 9.71 Å². The number of rotatable bonds is 4. The number of nitrogens with one attached hydrogen (secondary N) is 1. The van der Waals surface area contributed by atoms with Crippen LogP contribution in [-0.2, 0) is 4.74 Å². The minimum absolute atomic E-state index is 0.0546. The summed E-state index contributed by atoms with van der Waals surface area (Å²) in [4.78, 5) is 18.9. The highest BCUT2D eigenvalue weighted by Crippen LogP contribution is 2.34. The number of pyridine rings is 1. The third-order valence-electron chi connectivity index (χ3n) is 4.66. The second-order valence-electron chi connectivity index (χ2n) is 6.43. The average molecular weight is 355 g/mol. The molecule has 25 heavy (non-hydrogen) atoms. The summed E-state index contributed by atoms with van der Waals surface area (Å²) >= 11 is 1.45. The first-order valence-electron chi connectivity index (χ1n) is 8.58. The molecule has 0 radical (unpaired) electrons. The van der Waals surface area contributed by atoms with Gasteiger partial charge < -0.3 is 14.6 Å². The van der Waals surface area contributed by atoms with E-state index in [4.69, 9.17) is 4.74 Å². The Morgan fingerprint density at radius 1 is 1.36 bits per heavy atom. The van der Waals surface area contributed by atoms with Crippen molar-refractivity contribution in [1.29, 1.82) is 0 Å². The first kappa shape index (κ1) is 16.3. The topological polar surface area (TPSA) is 56.2 Å². The Kier molecular flexibility index (Phi) is 4.31. The van der Waals surface area contributed by atoms with Crippen molar-refractivity contribution >= 4 is 27.5 Å². The second-order valence-corrected chi connectivity index (χ2v) is 7.43. The van der Waals surface area contributed by atoms with Crippen LogP contribution < -0.4 is 5.32 Å². The molecule has 0 unspecified atom stereocenters. The molecule has 1 aliphatic rings. The Hall–Kier alpha value is -2.18. The predicted octanol–water partition coefficient (Wildman–Crippen LogP) is 3.61. The van der Waals surface area contributed by atoms with Gasteiger partial charge in [-0.1, -0.05) is 0 Å². The first-order valence-corrected chi connectivity index (χ1v) is 9.39. The predicted molar refractivity (Wildman–Crippen MR) is 99.7 cm³/mol. The normalized spacial score (nSPS) is 17.3. The van der Waals surface area contributed by atoms with Crippen molar-refractivity contribution in [2.45, 2.75) is 32.8 Å². The first-order chi connectivity index (χ1) is 12.1. The van der Waals surface area contributed by atoms with E-state index < -0.39 is 0 Å². The largest absolute Gasteiger partial charge is 0.376 e. The van der Waals surface area contributed by atoms with Crippen molar-refractivity contribution in [3.8, 4) is 5.69 Å². The van der Waals surface area contributed by atoms with E-state index in [0.29, 0.717) is 11.4 Å². The van der Waals surface area contributed by atoms with E-state index in [9.17, 15) is 4.79 Å². The van der Waals surface area contributed by atoms with Gasteiger partial charge >= 0.3 is 0 Å². The number of carbonyl (C=O) groups excluding carboxylic acids is 1. The molecule has 4 heterocycles. The van der Waals surface area contributed by atoms with Crippen LogP contribution in [0.3, 0.4) is 0 Å². The number of aromatic nitrogens is 2. The fourth-order valence-electron chi connectivity index (χ4n) is 3.41. The molecular weight excluding hydrogens is 334 g/mol. The van der Waals surface area contributed by atoms with Crippen LogP contribution in [0.25, 0.3) is 15.9 Å². The van der Waals surface area contributed by atoms with E-state index in [0.717, 1.165) is 46.7 Å². The number of aryl methyl sites for hydroxylation is 2.